The maximum Gasteiger partial charge on any atom is 0.150 e. The van der Waals surface area contributed by atoms with Crippen molar-refractivity contribution in [2.75, 3.05) is 0 Å². The van der Waals surface area contributed by atoms with Gasteiger partial charge in [0.05, 0.1) is 6.54 Å². The maximum absolute atomic E-state index is 10.4. The van der Waals surface area contributed by atoms with E-state index in [2.05, 4.69) is 4.99 Å². The van der Waals surface area contributed by atoms with Gasteiger partial charge in [0.1, 0.15) is 6.29 Å². The molecule has 2 rings (SSSR count). The number of fused-ring (bicyclic) bond motifs is 1. The molecule has 0 unspecified atom stereocenters. The summed E-state index contributed by atoms with van der Waals surface area (Å²) in [5, 5.41) is 0. The molecule has 0 aromatic heterocycles. The molecule has 0 aliphatic carbocycles. The quantitative estimate of drug-likeness (QED) is 0.549. The Hall–Kier alpha value is -1.44. The van der Waals surface area contributed by atoms with Crippen molar-refractivity contribution in [3.8, 4) is 0 Å². The summed E-state index contributed by atoms with van der Waals surface area (Å²) in [6, 6.07) is 5.63. The predicted octanol–water partition coefficient (Wildman–Crippen LogP) is 1.43. The zero-order valence-electron chi connectivity index (χ0n) is 5.95. The molecule has 54 valence electrons. The smallest absolute Gasteiger partial charge is 0.150 e. The topological polar surface area (TPSA) is 29.4 Å². The van der Waals surface area contributed by atoms with Gasteiger partial charge < -0.3 is 0 Å². The van der Waals surface area contributed by atoms with Gasteiger partial charge in [-0.3, -0.25) is 9.79 Å². The van der Waals surface area contributed by atoms with Crippen LogP contribution in [0.15, 0.2) is 23.2 Å². The number of rotatable bonds is 1. The Bertz CT molecular complexity index is 328. The van der Waals surface area contributed by atoms with Gasteiger partial charge in [0.2, 0.25) is 0 Å². The third-order valence-corrected chi connectivity index (χ3v) is 1.80. The van der Waals surface area contributed by atoms with Gasteiger partial charge in [-0.25, -0.2) is 0 Å². The lowest BCUT2D eigenvalue weighted by atomic mass is 10.1. The highest BCUT2D eigenvalue weighted by Gasteiger charge is 2.05. The van der Waals surface area contributed by atoms with Crippen LogP contribution in [0.1, 0.15) is 21.5 Å². The second kappa shape index (κ2) is 2.31. The molecule has 0 radical (unpaired) electrons. The third-order valence-electron chi connectivity index (χ3n) is 1.80. The molecule has 0 fully saturated rings. The van der Waals surface area contributed by atoms with Crippen molar-refractivity contribution in [1.29, 1.82) is 0 Å². The fraction of sp³-hybridized carbons (Fsp3) is 0.111. The van der Waals surface area contributed by atoms with E-state index in [1.54, 1.807) is 0 Å². The Morgan fingerprint density at radius 3 is 3.18 bits per heavy atom. The Kier molecular flexibility index (Phi) is 1.32. The summed E-state index contributed by atoms with van der Waals surface area (Å²) in [6.07, 6.45) is 2.66. The minimum Gasteiger partial charge on any atom is -0.298 e. The summed E-state index contributed by atoms with van der Waals surface area (Å²) in [5.41, 5.74) is 3.00. The number of nitrogens with zero attached hydrogens (tertiary/aromatic N) is 1. The molecule has 2 heteroatoms. The molecule has 0 bridgehead atoms. The van der Waals surface area contributed by atoms with Crippen LogP contribution < -0.4 is 0 Å². The van der Waals surface area contributed by atoms with E-state index in [4.69, 9.17) is 0 Å². The Labute approximate surface area is 64.6 Å². The third kappa shape index (κ3) is 0.963. The van der Waals surface area contributed by atoms with Crippen LogP contribution in [0.2, 0.25) is 0 Å². The average molecular weight is 145 g/mol. The molecule has 1 aromatic carbocycles. The van der Waals surface area contributed by atoms with Gasteiger partial charge in [-0.2, -0.15) is 0 Å². The normalized spacial score (nSPS) is 13.1. The summed E-state index contributed by atoms with van der Waals surface area (Å²) in [7, 11) is 0. The zero-order valence-corrected chi connectivity index (χ0v) is 5.95. The summed E-state index contributed by atoms with van der Waals surface area (Å²) >= 11 is 0. The maximum atomic E-state index is 10.4. The first kappa shape index (κ1) is 6.28. The van der Waals surface area contributed by atoms with Crippen LogP contribution >= 0.6 is 0 Å². The van der Waals surface area contributed by atoms with Gasteiger partial charge in [0, 0.05) is 11.8 Å². The van der Waals surface area contributed by atoms with E-state index in [1.165, 1.54) is 5.56 Å². The second-order valence-electron chi connectivity index (χ2n) is 2.55. The van der Waals surface area contributed by atoms with E-state index in [0.29, 0.717) is 0 Å². The molecular weight excluding hydrogens is 138 g/mol. The molecule has 1 aliphatic heterocycles. The van der Waals surface area contributed by atoms with Gasteiger partial charge in [-0.15, -0.1) is 0 Å². The second-order valence-corrected chi connectivity index (χ2v) is 2.55. The van der Waals surface area contributed by atoms with Gasteiger partial charge in [0.25, 0.3) is 0 Å². The Morgan fingerprint density at radius 2 is 2.36 bits per heavy atom. The van der Waals surface area contributed by atoms with Crippen LogP contribution in [-0.2, 0) is 6.54 Å². The molecule has 1 aromatic rings. The fourth-order valence-corrected chi connectivity index (χ4v) is 1.19. The number of aliphatic imine (C=N–C) groups is 1. The monoisotopic (exact) mass is 145 g/mol. The summed E-state index contributed by atoms with van der Waals surface area (Å²) < 4.78 is 0. The molecule has 0 N–H and O–H groups in total. The standard InChI is InChI=1S/C9H7NO/c11-6-7-1-2-8-4-10-5-9(8)3-7/h1-3,5-6H,4H2. The van der Waals surface area contributed by atoms with Crippen molar-refractivity contribution in [3.63, 3.8) is 0 Å². The van der Waals surface area contributed by atoms with Crippen molar-refractivity contribution >= 4 is 12.5 Å². The average Bonchev–Trinajstić information content (AvgIpc) is 2.50. The first-order valence-corrected chi connectivity index (χ1v) is 3.48. The Morgan fingerprint density at radius 1 is 1.45 bits per heavy atom. The molecule has 2 nitrogen and oxygen atoms in total. The molecule has 1 heterocycles. The lowest BCUT2D eigenvalue weighted by molar-refractivity contribution is 0.112. The predicted molar refractivity (Wildman–Crippen MR) is 43.1 cm³/mol. The van der Waals surface area contributed by atoms with Crippen LogP contribution in [0.25, 0.3) is 0 Å². The van der Waals surface area contributed by atoms with E-state index >= 15 is 0 Å². The summed E-state index contributed by atoms with van der Waals surface area (Å²) in [4.78, 5) is 14.4. The van der Waals surface area contributed by atoms with E-state index in [0.717, 1.165) is 24.0 Å². The van der Waals surface area contributed by atoms with Crippen molar-refractivity contribution in [2.45, 2.75) is 6.54 Å². The molecule has 0 saturated carbocycles. The number of hydrogen-bond donors (Lipinski definition) is 0. The SMILES string of the molecule is O=Cc1ccc2c(c1)C=NC2. The molecule has 0 saturated heterocycles. The molecule has 0 atom stereocenters. The molecular formula is C9H7NO. The van der Waals surface area contributed by atoms with Crippen LogP contribution in [0.3, 0.4) is 0 Å². The van der Waals surface area contributed by atoms with E-state index < -0.39 is 0 Å². The largest absolute Gasteiger partial charge is 0.298 e. The van der Waals surface area contributed by atoms with Crippen molar-refractivity contribution in [1.82, 2.24) is 0 Å². The van der Waals surface area contributed by atoms with Gasteiger partial charge in [-0.05, 0) is 17.2 Å². The molecule has 0 spiro atoms. The highest BCUT2D eigenvalue weighted by Crippen LogP contribution is 2.14. The van der Waals surface area contributed by atoms with Gasteiger partial charge >= 0.3 is 0 Å². The molecule has 0 amide bonds. The highest BCUT2D eigenvalue weighted by atomic mass is 16.1. The Balaban J connectivity index is 2.55. The van der Waals surface area contributed by atoms with E-state index in [-0.39, 0.29) is 0 Å². The number of carbonyl (C=O) groups is 1. The minimum absolute atomic E-state index is 0.720. The van der Waals surface area contributed by atoms with Crippen molar-refractivity contribution in [2.24, 2.45) is 4.99 Å². The highest BCUT2D eigenvalue weighted by molar-refractivity contribution is 5.87. The molecule has 1 aliphatic rings. The first-order valence-electron chi connectivity index (χ1n) is 3.48. The fourth-order valence-electron chi connectivity index (χ4n) is 1.19. The van der Waals surface area contributed by atoms with Gasteiger partial charge in [0.15, 0.2) is 0 Å². The lowest BCUT2D eigenvalue weighted by Gasteiger charge is -1.95. The number of hydrogen-bond acceptors (Lipinski definition) is 2. The van der Waals surface area contributed by atoms with E-state index in [1.807, 2.05) is 24.4 Å². The number of carbonyl (C=O) groups excluding carboxylic acids is 1. The first-order chi connectivity index (χ1) is 5.40. The zero-order chi connectivity index (χ0) is 7.68. The van der Waals surface area contributed by atoms with Crippen LogP contribution in [0.5, 0.6) is 0 Å². The molecule has 11 heavy (non-hydrogen) atoms. The lowest BCUT2D eigenvalue weighted by Crippen LogP contribution is -1.86. The van der Waals surface area contributed by atoms with Crippen LogP contribution in [0, 0.1) is 0 Å². The van der Waals surface area contributed by atoms with E-state index in [9.17, 15) is 4.79 Å². The van der Waals surface area contributed by atoms with Gasteiger partial charge in [-0.1, -0.05) is 12.1 Å². The summed E-state index contributed by atoms with van der Waals surface area (Å²) in [5.74, 6) is 0. The minimum atomic E-state index is 0.720. The van der Waals surface area contributed by atoms with Crippen molar-refractivity contribution in [3.05, 3.63) is 34.9 Å². The van der Waals surface area contributed by atoms with Crippen LogP contribution in [0.4, 0.5) is 0 Å². The number of benzene rings is 1. The summed E-state index contributed by atoms with van der Waals surface area (Å²) in [6.45, 7) is 0.758. The van der Waals surface area contributed by atoms with Crippen LogP contribution in [-0.4, -0.2) is 12.5 Å². The van der Waals surface area contributed by atoms with Crippen molar-refractivity contribution < 1.29 is 4.79 Å². The number of aldehydes is 1.